The molecule has 2 heterocycles. The van der Waals surface area contributed by atoms with Crippen molar-refractivity contribution >= 4 is 22.8 Å². The number of fused-ring (bicyclic) bond motifs is 1. The summed E-state index contributed by atoms with van der Waals surface area (Å²) in [6.07, 6.45) is 1.96. The maximum absolute atomic E-state index is 11.7. The molecule has 0 unspecified atom stereocenters. The van der Waals surface area contributed by atoms with Crippen molar-refractivity contribution in [3.8, 4) is 0 Å². The lowest BCUT2D eigenvalue weighted by Crippen LogP contribution is -2.39. The van der Waals surface area contributed by atoms with E-state index in [4.69, 9.17) is 15.9 Å². The van der Waals surface area contributed by atoms with Crippen molar-refractivity contribution in [1.82, 2.24) is 20.3 Å². The summed E-state index contributed by atoms with van der Waals surface area (Å²) < 4.78 is 0. The number of hydrogen-bond donors (Lipinski definition) is 4. The zero-order valence-electron chi connectivity index (χ0n) is 16.1. The molecule has 1 fully saturated rings. The Labute approximate surface area is 167 Å². The van der Waals surface area contributed by atoms with Gasteiger partial charge < -0.3 is 10.7 Å². The molecule has 1 aliphatic heterocycles. The summed E-state index contributed by atoms with van der Waals surface area (Å²) in [6, 6.07) is 12.5. The van der Waals surface area contributed by atoms with Crippen LogP contribution >= 0.6 is 0 Å². The number of carbonyl (C=O) groups excluding carboxylic acids is 2. The molecule has 1 aromatic heterocycles. The van der Waals surface area contributed by atoms with E-state index in [9.17, 15) is 9.59 Å². The molecule has 8 heteroatoms. The highest BCUT2D eigenvalue weighted by atomic mass is 16.5. The summed E-state index contributed by atoms with van der Waals surface area (Å²) >= 11 is 0. The number of benzene rings is 2. The van der Waals surface area contributed by atoms with Crippen molar-refractivity contribution in [2.24, 2.45) is 5.73 Å². The Kier molecular flexibility index (Phi) is 4.81. The topological polar surface area (TPSA) is 124 Å². The van der Waals surface area contributed by atoms with Crippen molar-refractivity contribution in [2.45, 2.75) is 31.8 Å². The Bertz CT molecular complexity index is 1080. The number of aromatic nitrogens is 2. The molecule has 29 heavy (non-hydrogen) atoms. The van der Waals surface area contributed by atoms with Crippen LogP contribution in [0.2, 0.25) is 0 Å². The number of nitrogens with zero attached hydrogens (tertiary/aromatic N) is 2. The van der Waals surface area contributed by atoms with E-state index in [2.05, 4.69) is 16.8 Å². The average molecular weight is 393 g/mol. The maximum Gasteiger partial charge on any atom is 0.274 e. The van der Waals surface area contributed by atoms with Gasteiger partial charge in [0.05, 0.1) is 16.6 Å². The van der Waals surface area contributed by atoms with Gasteiger partial charge in [-0.25, -0.2) is 10.5 Å². The molecule has 0 aliphatic carbocycles. The van der Waals surface area contributed by atoms with Gasteiger partial charge in [0.15, 0.2) is 0 Å². The third-order valence-corrected chi connectivity index (χ3v) is 5.77. The molecule has 150 valence electrons. The van der Waals surface area contributed by atoms with Gasteiger partial charge in [-0.2, -0.15) is 0 Å². The van der Waals surface area contributed by atoms with E-state index in [-0.39, 0.29) is 5.54 Å². The minimum atomic E-state index is -0.532. The van der Waals surface area contributed by atoms with Gasteiger partial charge in [0.25, 0.3) is 11.8 Å². The molecule has 0 saturated carbocycles. The van der Waals surface area contributed by atoms with Crippen LogP contribution < -0.4 is 11.2 Å². The Morgan fingerprint density at radius 3 is 2.72 bits per heavy atom. The normalized spacial score (nSPS) is 19.5. The molecule has 4 rings (SSSR count). The summed E-state index contributed by atoms with van der Waals surface area (Å²) in [4.78, 5) is 33.7. The number of rotatable bonds is 5. The lowest BCUT2D eigenvalue weighted by Gasteiger charge is -2.33. The van der Waals surface area contributed by atoms with Crippen molar-refractivity contribution in [1.29, 1.82) is 0 Å². The van der Waals surface area contributed by atoms with Crippen molar-refractivity contribution < 1.29 is 14.8 Å². The van der Waals surface area contributed by atoms with Crippen LogP contribution in [0.15, 0.2) is 42.5 Å². The molecule has 1 saturated heterocycles. The smallest absolute Gasteiger partial charge is 0.274 e. The fourth-order valence-electron chi connectivity index (χ4n) is 4.07. The fourth-order valence-corrected chi connectivity index (χ4v) is 4.07. The summed E-state index contributed by atoms with van der Waals surface area (Å²) in [6.45, 7) is 3.75. The number of H-pyrrole nitrogens is 1. The van der Waals surface area contributed by atoms with Crippen LogP contribution in [-0.2, 0) is 12.1 Å². The van der Waals surface area contributed by atoms with Gasteiger partial charge in [-0.15, -0.1) is 0 Å². The van der Waals surface area contributed by atoms with Gasteiger partial charge in [0.1, 0.15) is 11.3 Å². The first-order valence-electron chi connectivity index (χ1n) is 9.50. The van der Waals surface area contributed by atoms with Gasteiger partial charge in [-0.1, -0.05) is 18.2 Å². The van der Waals surface area contributed by atoms with Crippen molar-refractivity contribution in [3.05, 3.63) is 65.0 Å². The Morgan fingerprint density at radius 1 is 1.28 bits per heavy atom. The predicted molar refractivity (Wildman–Crippen MR) is 107 cm³/mol. The second-order valence-electron chi connectivity index (χ2n) is 7.59. The number of aromatic amines is 1. The molecule has 1 atom stereocenters. The number of nitrogens with two attached hydrogens (primary N) is 1. The first kappa shape index (κ1) is 19.1. The molecule has 0 bridgehead atoms. The van der Waals surface area contributed by atoms with E-state index in [1.165, 1.54) is 0 Å². The summed E-state index contributed by atoms with van der Waals surface area (Å²) in [5.41, 5.74) is 10.1. The van der Waals surface area contributed by atoms with Crippen molar-refractivity contribution in [2.75, 3.05) is 6.54 Å². The monoisotopic (exact) mass is 393 g/mol. The minimum Gasteiger partial charge on any atom is -0.366 e. The average Bonchev–Trinajstić information content (AvgIpc) is 3.32. The number of para-hydroxylation sites is 1. The van der Waals surface area contributed by atoms with Crippen LogP contribution in [0.3, 0.4) is 0 Å². The molecule has 3 aromatic rings. The summed E-state index contributed by atoms with van der Waals surface area (Å²) in [5, 5.41) is 8.75. The van der Waals surface area contributed by atoms with Gasteiger partial charge >= 0.3 is 0 Å². The third kappa shape index (κ3) is 3.37. The minimum absolute atomic E-state index is 0.310. The van der Waals surface area contributed by atoms with Gasteiger partial charge in [-0.3, -0.25) is 19.7 Å². The molecule has 2 aromatic carbocycles. The second kappa shape index (κ2) is 7.31. The molecule has 1 aliphatic rings. The summed E-state index contributed by atoms with van der Waals surface area (Å²) in [7, 11) is 0. The first-order chi connectivity index (χ1) is 13.9. The number of imidazole rings is 1. The number of primary amides is 1. The van der Waals surface area contributed by atoms with Crippen LogP contribution in [0.25, 0.3) is 11.0 Å². The molecule has 2 amide bonds. The van der Waals surface area contributed by atoms with Crippen LogP contribution in [-0.4, -0.2) is 38.4 Å². The van der Waals surface area contributed by atoms with Gasteiger partial charge in [-0.05, 0) is 56.1 Å². The van der Waals surface area contributed by atoms with Crippen LogP contribution in [0.5, 0.6) is 0 Å². The van der Waals surface area contributed by atoms with E-state index in [0.717, 1.165) is 36.3 Å². The number of hydrogen-bond acceptors (Lipinski definition) is 5. The van der Waals surface area contributed by atoms with E-state index in [0.29, 0.717) is 23.2 Å². The number of carbonyl (C=O) groups is 2. The first-order valence-corrected chi connectivity index (χ1v) is 9.50. The Balaban J connectivity index is 1.63. The molecule has 5 N–H and O–H groups in total. The number of nitrogens with one attached hydrogen (secondary N) is 2. The zero-order chi connectivity index (χ0) is 20.6. The molecular formula is C21H23N5O3. The van der Waals surface area contributed by atoms with Crippen LogP contribution in [0.4, 0.5) is 0 Å². The van der Waals surface area contributed by atoms with E-state index in [1.54, 1.807) is 29.7 Å². The zero-order valence-corrected chi connectivity index (χ0v) is 16.1. The number of amides is 2. The van der Waals surface area contributed by atoms with Crippen LogP contribution in [0.1, 0.15) is 51.9 Å². The predicted octanol–water partition coefficient (Wildman–Crippen LogP) is 2.29. The summed E-state index contributed by atoms with van der Waals surface area (Å²) in [5.74, 6) is -0.209. The maximum atomic E-state index is 11.7. The van der Waals surface area contributed by atoms with Gasteiger partial charge in [0, 0.05) is 12.1 Å². The Hall–Kier alpha value is -3.23. The highest BCUT2D eigenvalue weighted by Crippen LogP contribution is 2.39. The largest absolute Gasteiger partial charge is 0.366 e. The van der Waals surface area contributed by atoms with E-state index >= 15 is 0 Å². The lowest BCUT2D eigenvalue weighted by molar-refractivity contribution is 0.0706. The Morgan fingerprint density at radius 2 is 2.03 bits per heavy atom. The molecular weight excluding hydrogens is 370 g/mol. The van der Waals surface area contributed by atoms with E-state index < -0.39 is 11.8 Å². The highest BCUT2D eigenvalue weighted by Gasteiger charge is 2.40. The fraction of sp³-hybridized carbons (Fsp3) is 0.286. The molecule has 0 radical (unpaired) electrons. The van der Waals surface area contributed by atoms with Crippen molar-refractivity contribution in [3.63, 3.8) is 0 Å². The quantitative estimate of drug-likeness (QED) is 0.391. The van der Waals surface area contributed by atoms with Gasteiger partial charge in [0.2, 0.25) is 0 Å². The highest BCUT2D eigenvalue weighted by molar-refractivity contribution is 6.04. The lowest BCUT2D eigenvalue weighted by atomic mass is 9.97. The SMILES string of the molecule is C[C@]1(c2nc3c(C(N)=O)cccc3[nH]2)CCCN1Cc1ccc(C(=O)NO)cc1. The third-order valence-electron chi connectivity index (χ3n) is 5.77. The van der Waals surface area contributed by atoms with Crippen LogP contribution in [0, 0.1) is 0 Å². The number of hydroxylamine groups is 1. The van der Waals surface area contributed by atoms with E-state index in [1.807, 2.05) is 18.2 Å². The molecule has 8 nitrogen and oxygen atoms in total. The second-order valence-corrected chi connectivity index (χ2v) is 7.59. The number of likely N-dealkylation sites (tertiary alicyclic amines) is 1. The molecule has 0 spiro atoms. The standard InChI is InChI=1S/C21H23N5O3/c1-21(20-23-16-5-2-4-15(18(22)27)17(16)24-20)10-3-11-26(21)12-13-6-8-14(9-7-13)19(28)25-29/h2,4-9,29H,3,10-12H2,1H3,(H2,22,27)(H,23,24)(H,25,28)/t21-/m1/s1.